The van der Waals surface area contributed by atoms with E-state index in [1.54, 1.807) is 0 Å². The first-order valence-electron chi connectivity index (χ1n) is 16.8. The number of furan rings is 2. The summed E-state index contributed by atoms with van der Waals surface area (Å²) in [4.78, 5) is 10.5. The number of rotatable bonds is 5. The van der Waals surface area contributed by atoms with Crippen LogP contribution in [0.25, 0.3) is 66.1 Å². The van der Waals surface area contributed by atoms with Crippen LogP contribution >= 0.6 is 0 Å². The van der Waals surface area contributed by atoms with Gasteiger partial charge in [0, 0.05) is 32.7 Å². The van der Waals surface area contributed by atoms with Gasteiger partial charge in [-0.05, 0) is 64.2 Å². The highest BCUT2D eigenvalue weighted by atomic mass is 16.3. The van der Waals surface area contributed by atoms with Gasteiger partial charge in [-0.25, -0.2) is 9.98 Å². The molecule has 50 heavy (non-hydrogen) atoms. The lowest BCUT2D eigenvalue weighted by atomic mass is 9.97. The molecular weight excluding hydrogens is 615 g/mol. The molecule has 0 radical (unpaired) electrons. The summed E-state index contributed by atoms with van der Waals surface area (Å²) in [7, 11) is 0. The predicted octanol–water partition coefficient (Wildman–Crippen LogP) is 11.3. The Bertz CT molecular complexity index is 2770. The van der Waals surface area contributed by atoms with E-state index < -0.39 is 0 Å². The fourth-order valence-corrected chi connectivity index (χ4v) is 7.07. The molecule has 0 saturated heterocycles. The van der Waals surface area contributed by atoms with E-state index in [9.17, 15) is 0 Å². The Morgan fingerprint density at radius 1 is 0.440 bits per heavy atom. The van der Waals surface area contributed by atoms with E-state index in [4.69, 9.17) is 18.8 Å². The van der Waals surface area contributed by atoms with E-state index in [1.165, 1.54) is 5.56 Å². The molecule has 0 bridgehead atoms. The molecule has 0 fully saturated rings. The van der Waals surface area contributed by atoms with Crippen LogP contribution in [0.2, 0.25) is 0 Å². The first-order valence-corrected chi connectivity index (χ1v) is 16.8. The van der Waals surface area contributed by atoms with Crippen molar-refractivity contribution in [1.82, 2.24) is 5.32 Å². The second kappa shape index (κ2) is 11.5. The molecule has 0 saturated carbocycles. The average molecular weight is 644 g/mol. The van der Waals surface area contributed by atoms with Gasteiger partial charge in [0.2, 0.25) is 0 Å². The molecule has 3 heterocycles. The van der Waals surface area contributed by atoms with E-state index in [2.05, 4.69) is 108 Å². The Morgan fingerprint density at radius 2 is 1.02 bits per heavy atom. The molecule has 1 N–H and O–H groups in total. The summed E-state index contributed by atoms with van der Waals surface area (Å²) >= 11 is 0. The fraction of sp³-hybridized carbons (Fsp3) is 0.0222. The van der Waals surface area contributed by atoms with Crippen LogP contribution in [0.4, 0.5) is 0 Å². The van der Waals surface area contributed by atoms with Crippen molar-refractivity contribution >= 4 is 55.5 Å². The van der Waals surface area contributed by atoms with Crippen LogP contribution in [0.5, 0.6) is 0 Å². The topological polar surface area (TPSA) is 63.0 Å². The van der Waals surface area contributed by atoms with Gasteiger partial charge in [-0.1, -0.05) is 127 Å². The van der Waals surface area contributed by atoms with E-state index in [0.29, 0.717) is 5.84 Å². The third-order valence-electron chi connectivity index (χ3n) is 9.55. The molecule has 5 heteroatoms. The largest absolute Gasteiger partial charge is 0.456 e. The second-order valence-corrected chi connectivity index (χ2v) is 12.6. The number of nitrogens with zero attached hydrogens (tertiary/aromatic N) is 2. The number of hydrogen-bond donors (Lipinski definition) is 1. The lowest BCUT2D eigenvalue weighted by molar-refractivity contribution is 0.668. The zero-order valence-electron chi connectivity index (χ0n) is 26.9. The normalized spacial score (nSPS) is 14.6. The van der Waals surface area contributed by atoms with Gasteiger partial charge in [0.25, 0.3) is 0 Å². The summed E-state index contributed by atoms with van der Waals surface area (Å²) in [5.41, 5.74) is 10.6. The molecule has 1 unspecified atom stereocenters. The van der Waals surface area contributed by atoms with Gasteiger partial charge in [0.05, 0.1) is 0 Å². The highest BCUT2D eigenvalue weighted by Crippen LogP contribution is 2.39. The average Bonchev–Trinajstić information content (AvgIpc) is 3.76. The van der Waals surface area contributed by atoms with Gasteiger partial charge in [0.15, 0.2) is 5.84 Å². The highest BCUT2D eigenvalue weighted by Gasteiger charge is 2.25. The summed E-state index contributed by atoms with van der Waals surface area (Å²) in [6, 6.07) is 56.3. The standard InChI is InChI=1S/C45H29N3O2/c1-3-11-28(12-4-1)29-19-21-31(22-20-29)44-46-43(30-13-5-2-6-14-30)47-45(48-44)37-25-33(27-41-42(37)36-16-8-10-18-39(36)50-41)32-23-24-35-34-15-7-9-17-38(34)49-40(35)26-32/h1-27,44H,(H,46,47,48). The summed E-state index contributed by atoms with van der Waals surface area (Å²) in [6.45, 7) is 0. The lowest BCUT2D eigenvalue weighted by Gasteiger charge is -2.24. The van der Waals surface area contributed by atoms with Crippen molar-refractivity contribution in [2.24, 2.45) is 9.98 Å². The van der Waals surface area contributed by atoms with E-state index in [1.807, 2.05) is 60.7 Å². The smallest absolute Gasteiger partial charge is 0.160 e. The van der Waals surface area contributed by atoms with E-state index >= 15 is 0 Å². The van der Waals surface area contributed by atoms with Crippen molar-refractivity contribution in [2.75, 3.05) is 0 Å². The Morgan fingerprint density at radius 3 is 1.80 bits per heavy atom. The zero-order chi connectivity index (χ0) is 33.0. The van der Waals surface area contributed by atoms with Crippen molar-refractivity contribution < 1.29 is 8.83 Å². The predicted molar refractivity (Wildman–Crippen MR) is 204 cm³/mol. The third kappa shape index (κ3) is 4.79. The van der Waals surface area contributed by atoms with Gasteiger partial charge in [-0.3, -0.25) is 0 Å². The molecule has 10 rings (SSSR count). The van der Waals surface area contributed by atoms with Crippen LogP contribution in [0.15, 0.2) is 183 Å². The van der Waals surface area contributed by atoms with Crippen molar-refractivity contribution in [3.63, 3.8) is 0 Å². The molecule has 0 spiro atoms. The Kier molecular flexibility index (Phi) is 6.49. The van der Waals surface area contributed by atoms with Crippen LogP contribution in [0, 0.1) is 0 Å². The van der Waals surface area contributed by atoms with Gasteiger partial charge < -0.3 is 14.2 Å². The summed E-state index contributed by atoms with van der Waals surface area (Å²) in [6.07, 6.45) is -0.355. The van der Waals surface area contributed by atoms with E-state index in [0.717, 1.165) is 83.1 Å². The number of hydrogen-bond acceptors (Lipinski definition) is 5. The number of aliphatic imine (C=N–C) groups is 2. The molecule has 2 aromatic heterocycles. The zero-order valence-corrected chi connectivity index (χ0v) is 26.9. The number of nitrogens with one attached hydrogen (secondary N) is 1. The Hall–Kier alpha value is -6.72. The summed E-state index contributed by atoms with van der Waals surface area (Å²) < 4.78 is 12.8. The molecule has 1 atom stereocenters. The molecule has 1 aliphatic heterocycles. The van der Waals surface area contributed by atoms with Gasteiger partial charge in [-0.2, -0.15) is 0 Å². The molecule has 5 nitrogen and oxygen atoms in total. The molecule has 236 valence electrons. The molecular formula is C45H29N3O2. The quantitative estimate of drug-likeness (QED) is 0.203. The number of amidine groups is 2. The number of para-hydroxylation sites is 2. The van der Waals surface area contributed by atoms with Crippen molar-refractivity contribution in [3.8, 4) is 22.3 Å². The molecule has 1 aliphatic rings. The van der Waals surface area contributed by atoms with Crippen LogP contribution in [0.3, 0.4) is 0 Å². The maximum Gasteiger partial charge on any atom is 0.160 e. The van der Waals surface area contributed by atoms with Crippen molar-refractivity contribution in [3.05, 3.63) is 180 Å². The van der Waals surface area contributed by atoms with Crippen molar-refractivity contribution in [2.45, 2.75) is 6.17 Å². The first kappa shape index (κ1) is 28.3. The number of benzene rings is 7. The third-order valence-corrected chi connectivity index (χ3v) is 9.55. The monoisotopic (exact) mass is 643 g/mol. The minimum absolute atomic E-state index is 0.355. The van der Waals surface area contributed by atoms with Crippen LogP contribution < -0.4 is 5.32 Å². The van der Waals surface area contributed by atoms with Gasteiger partial charge >= 0.3 is 0 Å². The fourth-order valence-electron chi connectivity index (χ4n) is 7.07. The minimum Gasteiger partial charge on any atom is -0.456 e. The summed E-state index contributed by atoms with van der Waals surface area (Å²) in [5, 5.41) is 7.85. The van der Waals surface area contributed by atoms with Crippen LogP contribution in [0.1, 0.15) is 22.9 Å². The molecule has 0 aliphatic carbocycles. The lowest BCUT2D eigenvalue weighted by Crippen LogP contribution is -2.33. The van der Waals surface area contributed by atoms with Crippen molar-refractivity contribution in [1.29, 1.82) is 0 Å². The Labute approximate surface area is 287 Å². The van der Waals surface area contributed by atoms with Gasteiger partial charge in [0.1, 0.15) is 34.3 Å². The SMILES string of the molecule is c1ccc(C2=NC(c3cc(-c4ccc5c(c4)oc4ccccc45)cc4oc5ccccc5c34)=NC(c3ccc(-c4ccccc4)cc3)N2)cc1. The summed E-state index contributed by atoms with van der Waals surface area (Å²) in [5.74, 6) is 1.41. The van der Waals surface area contributed by atoms with Crippen LogP contribution in [-0.2, 0) is 0 Å². The molecule has 7 aromatic carbocycles. The highest BCUT2D eigenvalue weighted by molar-refractivity contribution is 6.22. The maximum atomic E-state index is 6.52. The second-order valence-electron chi connectivity index (χ2n) is 12.6. The minimum atomic E-state index is -0.355. The maximum absolute atomic E-state index is 6.52. The number of fused-ring (bicyclic) bond motifs is 6. The molecule has 0 amide bonds. The van der Waals surface area contributed by atoms with Crippen LogP contribution in [-0.4, -0.2) is 11.7 Å². The Balaban J connectivity index is 1.16. The first-order chi connectivity index (χ1) is 24.7. The molecule has 9 aromatic rings. The van der Waals surface area contributed by atoms with E-state index in [-0.39, 0.29) is 6.17 Å². The van der Waals surface area contributed by atoms with Gasteiger partial charge in [-0.15, -0.1) is 0 Å².